The fraction of sp³-hybridized carbons (Fsp3) is 0.389. The van der Waals surface area contributed by atoms with E-state index < -0.39 is 0 Å². The number of aromatic nitrogens is 4. The zero-order chi connectivity index (χ0) is 17.9. The Morgan fingerprint density at radius 1 is 1.38 bits per heavy atom. The second-order valence-electron chi connectivity index (χ2n) is 6.06. The number of aryl methyl sites for hydroxylation is 1. The third-order valence-corrected chi connectivity index (χ3v) is 4.50. The first-order valence-electron chi connectivity index (χ1n) is 8.65. The lowest BCUT2D eigenvalue weighted by Gasteiger charge is -2.19. The summed E-state index contributed by atoms with van der Waals surface area (Å²) in [6.07, 6.45) is 4.46. The Balaban J connectivity index is 1.51. The molecular formula is C18H21N5O3. The van der Waals surface area contributed by atoms with Gasteiger partial charge in [0.1, 0.15) is 17.7 Å². The number of hydrogen-bond acceptors (Lipinski definition) is 7. The quantitative estimate of drug-likeness (QED) is 0.727. The van der Waals surface area contributed by atoms with E-state index in [1.807, 2.05) is 30.5 Å². The molecule has 1 N–H and O–H groups in total. The Morgan fingerprint density at radius 2 is 2.31 bits per heavy atom. The number of imidazole rings is 1. The molecule has 0 amide bonds. The van der Waals surface area contributed by atoms with E-state index in [1.54, 1.807) is 13.3 Å². The molecule has 1 saturated heterocycles. The van der Waals surface area contributed by atoms with Crippen molar-refractivity contribution in [3.05, 3.63) is 42.5 Å². The van der Waals surface area contributed by atoms with Gasteiger partial charge in [-0.1, -0.05) is 17.3 Å². The molecule has 1 fully saturated rings. The highest BCUT2D eigenvalue weighted by atomic mass is 16.5. The molecule has 2 atom stereocenters. The van der Waals surface area contributed by atoms with Gasteiger partial charge >= 0.3 is 6.01 Å². The first kappa shape index (κ1) is 16.6. The van der Waals surface area contributed by atoms with Crippen molar-refractivity contribution in [2.45, 2.75) is 32.0 Å². The molecule has 0 saturated carbocycles. The molecule has 1 aromatic carbocycles. The summed E-state index contributed by atoms with van der Waals surface area (Å²) >= 11 is 0. The van der Waals surface area contributed by atoms with Crippen LogP contribution in [0, 0.1) is 0 Å². The van der Waals surface area contributed by atoms with Gasteiger partial charge in [-0.2, -0.15) is 4.98 Å². The van der Waals surface area contributed by atoms with Crippen LogP contribution < -0.4 is 10.1 Å². The zero-order valence-electron chi connectivity index (χ0n) is 14.8. The fourth-order valence-corrected chi connectivity index (χ4v) is 3.16. The van der Waals surface area contributed by atoms with Crippen LogP contribution in [0.1, 0.15) is 25.3 Å². The molecule has 2 aromatic heterocycles. The van der Waals surface area contributed by atoms with Gasteiger partial charge in [0.2, 0.25) is 5.82 Å². The summed E-state index contributed by atoms with van der Waals surface area (Å²) in [6.45, 7) is 3.60. The molecule has 3 heterocycles. The Hall–Kier alpha value is -2.87. The van der Waals surface area contributed by atoms with Gasteiger partial charge in [-0.25, -0.2) is 4.98 Å². The van der Waals surface area contributed by atoms with E-state index in [0.29, 0.717) is 18.4 Å². The molecule has 26 heavy (non-hydrogen) atoms. The molecule has 1 aliphatic rings. The predicted molar refractivity (Wildman–Crippen MR) is 94.9 cm³/mol. The second kappa shape index (κ2) is 7.17. The molecule has 0 radical (unpaired) electrons. The lowest BCUT2D eigenvalue weighted by molar-refractivity contribution is 0.0972. The van der Waals surface area contributed by atoms with E-state index in [0.717, 1.165) is 30.1 Å². The molecule has 4 rings (SSSR count). The summed E-state index contributed by atoms with van der Waals surface area (Å²) in [5, 5.41) is 7.36. The van der Waals surface area contributed by atoms with Crippen LogP contribution in [0.25, 0.3) is 11.4 Å². The highest BCUT2D eigenvalue weighted by molar-refractivity contribution is 5.58. The van der Waals surface area contributed by atoms with Gasteiger partial charge in [-0.05, 0) is 25.5 Å². The maximum Gasteiger partial charge on any atom is 0.322 e. The molecule has 0 aliphatic carbocycles. The van der Waals surface area contributed by atoms with Crippen LogP contribution in [0.15, 0.2) is 41.2 Å². The molecule has 8 nitrogen and oxygen atoms in total. The van der Waals surface area contributed by atoms with E-state index in [2.05, 4.69) is 31.9 Å². The van der Waals surface area contributed by atoms with Gasteiger partial charge in [0.15, 0.2) is 0 Å². The van der Waals surface area contributed by atoms with Crippen molar-refractivity contribution in [1.29, 1.82) is 0 Å². The first-order chi connectivity index (χ1) is 12.8. The second-order valence-corrected chi connectivity index (χ2v) is 6.06. The standard InChI is InChI=1S/C18H21N5O3/c1-3-23-9-8-19-17(23)15-14(7-10-25-15)20-18-21-16(22-26-18)12-5-4-6-13(11-12)24-2/h4-6,8-9,11,14-15H,3,7,10H2,1-2H3,(H,20,21,22)/t14-,15-/m0/s1. The predicted octanol–water partition coefficient (Wildman–Crippen LogP) is 2.90. The van der Waals surface area contributed by atoms with Crippen molar-refractivity contribution in [2.75, 3.05) is 19.0 Å². The Kier molecular flexibility index (Phi) is 4.57. The van der Waals surface area contributed by atoms with Gasteiger partial charge in [0.25, 0.3) is 0 Å². The number of anilines is 1. The van der Waals surface area contributed by atoms with E-state index in [9.17, 15) is 0 Å². The average molecular weight is 355 g/mol. The van der Waals surface area contributed by atoms with Crippen molar-refractivity contribution in [3.63, 3.8) is 0 Å². The summed E-state index contributed by atoms with van der Waals surface area (Å²) < 4.78 is 18.6. The van der Waals surface area contributed by atoms with Crippen LogP contribution in [0.2, 0.25) is 0 Å². The lowest BCUT2D eigenvalue weighted by Crippen LogP contribution is -2.25. The minimum atomic E-state index is -0.142. The van der Waals surface area contributed by atoms with Gasteiger partial charge in [0, 0.05) is 31.1 Å². The number of rotatable bonds is 6. The molecule has 1 aliphatic heterocycles. The van der Waals surface area contributed by atoms with Crippen molar-refractivity contribution >= 4 is 6.01 Å². The molecule has 3 aromatic rings. The number of nitrogens with zero attached hydrogens (tertiary/aromatic N) is 4. The minimum absolute atomic E-state index is 0.0290. The summed E-state index contributed by atoms with van der Waals surface area (Å²) in [6, 6.07) is 7.95. The van der Waals surface area contributed by atoms with E-state index in [4.69, 9.17) is 14.0 Å². The smallest absolute Gasteiger partial charge is 0.322 e. The molecule has 136 valence electrons. The maximum absolute atomic E-state index is 5.89. The van der Waals surface area contributed by atoms with Crippen molar-refractivity contribution < 1.29 is 14.0 Å². The molecule has 0 spiro atoms. The SMILES string of the molecule is CCn1ccnc1[C@H]1OCC[C@@H]1Nc1nc(-c2cccc(OC)c2)no1. The van der Waals surface area contributed by atoms with Gasteiger partial charge in [0.05, 0.1) is 13.2 Å². The molecule has 0 unspecified atom stereocenters. The number of hydrogen-bond donors (Lipinski definition) is 1. The first-order valence-corrected chi connectivity index (χ1v) is 8.65. The van der Waals surface area contributed by atoms with Crippen molar-refractivity contribution in [3.8, 4) is 17.1 Å². The molecule has 8 heteroatoms. The Morgan fingerprint density at radius 3 is 3.15 bits per heavy atom. The number of methoxy groups -OCH3 is 1. The third kappa shape index (κ3) is 3.15. The average Bonchev–Trinajstić information content (AvgIpc) is 3.42. The van der Waals surface area contributed by atoms with Crippen LogP contribution in [-0.2, 0) is 11.3 Å². The topological polar surface area (TPSA) is 87.2 Å². The highest BCUT2D eigenvalue weighted by Gasteiger charge is 2.33. The number of nitrogens with one attached hydrogen (secondary N) is 1. The van der Waals surface area contributed by atoms with Crippen molar-refractivity contribution in [2.24, 2.45) is 0 Å². The summed E-state index contributed by atoms with van der Waals surface area (Å²) in [7, 11) is 1.63. The van der Waals surface area contributed by atoms with E-state index in [-0.39, 0.29) is 12.1 Å². The Labute approximate surface area is 151 Å². The zero-order valence-corrected chi connectivity index (χ0v) is 14.8. The van der Waals surface area contributed by atoms with Gasteiger partial charge in [-0.15, -0.1) is 0 Å². The summed E-state index contributed by atoms with van der Waals surface area (Å²) in [5.74, 6) is 2.17. The van der Waals surface area contributed by atoms with Gasteiger partial charge in [-0.3, -0.25) is 0 Å². The van der Waals surface area contributed by atoms with Crippen LogP contribution in [-0.4, -0.2) is 39.5 Å². The molecular weight excluding hydrogens is 334 g/mol. The molecule has 0 bridgehead atoms. The summed E-state index contributed by atoms with van der Waals surface area (Å²) in [5.41, 5.74) is 0.835. The summed E-state index contributed by atoms with van der Waals surface area (Å²) in [4.78, 5) is 8.90. The Bertz CT molecular complexity index is 875. The normalized spacial score (nSPS) is 19.6. The lowest BCUT2D eigenvalue weighted by atomic mass is 10.1. The van der Waals surface area contributed by atoms with E-state index >= 15 is 0 Å². The number of ether oxygens (including phenoxy) is 2. The fourth-order valence-electron chi connectivity index (χ4n) is 3.16. The van der Waals surface area contributed by atoms with Gasteiger partial charge < -0.3 is 23.9 Å². The van der Waals surface area contributed by atoms with Crippen molar-refractivity contribution in [1.82, 2.24) is 19.7 Å². The monoisotopic (exact) mass is 355 g/mol. The maximum atomic E-state index is 5.89. The third-order valence-electron chi connectivity index (χ3n) is 4.50. The largest absolute Gasteiger partial charge is 0.497 e. The van der Waals surface area contributed by atoms with Crippen LogP contribution in [0.3, 0.4) is 0 Å². The minimum Gasteiger partial charge on any atom is -0.497 e. The number of benzene rings is 1. The van der Waals surface area contributed by atoms with Crippen LogP contribution in [0.5, 0.6) is 5.75 Å². The highest BCUT2D eigenvalue weighted by Crippen LogP contribution is 2.31. The van der Waals surface area contributed by atoms with Crippen LogP contribution >= 0.6 is 0 Å². The van der Waals surface area contributed by atoms with E-state index in [1.165, 1.54) is 0 Å². The van der Waals surface area contributed by atoms with Crippen LogP contribution in [0.4, 0.5) is 6.01 Å².